The molecule has 1 aliphatic carbocycles. The van der Waals surface area contributed by atoms with Crippen LogP contribution in [0.1, 0.15) is 33.0 Å². The van der Waals surface area contributed by atoms with E-state index in [4.69, 9.17) is 4.74 Å². The van der Waals surface area contributed by atoms with Crippen molar-refractivity contribution in [3.05, 3.63) is 11.9 Å². The minimum Gasteiger partial charge on any atom is -0.378 e. The number of nitrogens with one attached hydrogen (secondary N) is 2. The second kappa shape index (κ2) is 5.33. The summed E-state index contributed by atoms with van der Waals surface area (Å²) in [5.41, 5.74) is 0.134. The van der Waals surface area contributed by atoms with Gasteiger partial charge < -0.3 is 15.4 Å². The van der Waals surface area contributed by atoms with Crippen molar-refractivity contribution >= 4 is 11.6 Å². The molecule has 106 valence electrons. The lowest BCUT2D eigenvalue weighted by Gasteiger charge is -2.51. The van der Waals surface area contributed by atoms with Crippen LogP contribution in [0.3, 0.4) is 0 Å². The van der Waals surface area contributed by atoms with Crippen LogP contribution in [0.4, 0.5) is 11.6 Å². The van der Waals surface area contributed by atoms with Gasteiger partial charge >= 0.3 is 0 Å². The molecule has 5 heteroatoms. The molecule has 1 aromatic rings. The van der Waals surface area contributed by atoms with Crippen molar-refractivity contribution in [3.8, 4) is 0 Å². The van der Waals surface area contributed by atoms with Crippen LogP contribution in [0.5, 0.6) is 0 Å². The highest BCUT2D eigenvalue weighted by atomic mass is 16.5. The van der Waals surface area contributed by atoms with Crippen LogP contribution in [-0.2, 0) is 4.74 Å². The molecule has 0 saturated heterocycles. The molecule has 1 aliphatic rings. The van der Waals surface area contributed by atoms with Gasteiger partial charge in [0, 0.05) is 31.2 Å². The van der Waals surface area contributed by atoms with Crippen molar-refractivity contribution in [2.45, 2.75) is 46.3 Å². The molecule has 1 fully saturated rings. The first-order chi connectivity index (χ1) is 8.97. The van der Waals surface area contributed by atoms with Crippen molar-refractivity contribution in [1.29, 1.82) is 0 Å². The molecule has 1 aromatic heterocycles. The number of aryl methyl sites for hydroxylation is 1. The van der Waals surface area contributed by atoms with Crippen LogP contribution >= 0.6 is 0 Å². The molecule has 2 unspecified atom stereocenters. The van der Waals surface area contributed by atoms with E-state index in [0.29, 0.717) is 12.1 Å². The maximum atomic E-state index is 5.74. The normalized spacial score (nSPS) is 24.7. The third-order valence-corrected chi connectivity index (χ3v) is 3.96. The minimum absolute atomic E-state index is 0.134. The quantitative estimate of drug-likeness (QED) is 0.855. The summed E-state index contributed by atoms with van der Waals surface area (Å²) in [6.07, 6.45) is 1.36. The van der Waals surface area contributed by atoms with E-state index in [9.17, 15) is 0 Å². The van der Waals surface area contributed by atoms with Crippen LogP contribution in [0, 0.1) is 12.3 Å². The van der Waals surface area contributed by atoms with E-state index in [-0.39, 0.29) is 5.41 Å². The summed E-state index contributed by atoms with van der Waals surface area (Å²) < 4.78 is 5.74. The molecule has 2 N–H and O–H groups in total. The van der Waals surface area contributed by atoms with Gasteiger partial charge in [0.15, 0.2) is 0 Å². The Hall–Kier alpha value is -1.36. The predicted octanol–water partition coefficient (Wildman–Crippen LogP) is 2.44. The molecular formula is C14H24N4O. The van der Waals surface area contributed by atoms with E-state index in [1.54, 1.807) is 0 Å². The highest BCUT2D eigenvalue weighted by molar-refractivity contribution is 5.48. The third kappa shape index (κ3) is 2.81. The molecule has 1 heterocycles. The van der Waals surface area contributed by atoms with Gasteiger partial charge in [-0.2, -0.15) is 0 Å². The number of ether oxygens (including phenoxy) is 1. The second-order valence-electron chi connectivity index (χ2n) is 5.63. The third-order valence-electron chi connectivity index (χ3n) is 3.96. The van der Waals surface area contributed by atoms with Crippen molar-refractivity contribution < 1.29 is 4.74 Å². The van der Waals surface area contributed by atoms with Crippen LogP contribution in [-0.4, -0.2) is 35.8 Å². The maximum Gasteiger partial charge on any atom is 0.132 e. The molecule has 2 atom stereocenters. The molecular weight excluding hydrogens is 240 g/mol. The SMILES string of the molecule is CCOC1CC(Nc2cc(NC)nc(C)n2)C1(C)C. The predicted molar refractivity (Wildman–Crippen MR) is 77.5 cm³/mol. The summed E-state index contributed by atoms with van der Waals surface area (Å²) in [6.45, 7) is 9.20. The first kappa shape index (κ1) is 14.1. The summed E-state index contributed by atoms with van der Waals surface area (Å²) in [5.74, 6) is 2.49. The zero-order chi connectivity index (χ0) is 14.0. The number of hydrogen-bond donors (Lipinski definition) is 2. The number of hydrogen-bond acceptors (Lipinski definition) is 5. The van der Waals surface area contributed by atoms with E-state index in [1.807, 2.05) is 27.0 Å². The van der Waals surface area contributed by atoms with Crippen molar-refractivity contribution in [2.24, 2.45) is 5.41 Å². The molecule has 0 radical (unpaired) electrons. The van der Waals surface area contributed by atoms with Crippen molar-refractivity contribution in [2.75, 3.05) is 24.3 Å². The van der Waals surface area contributed by atoms with Crippen LogP contribution in [0.2, 0.25) is 0 Å². The monoisotopic (exact) mass is 264 g/mol. The molecule has 0 amide bonds. The van der Waals surface area contributed by atoms with E-state index in [0.717, 1.165) is 30.5 Å². The van der Waals surface area contributed by atoms with Gasteiger partial charge in [0.25, 0.3) is 0 Å². The Morgan fingerprint density at radius 3 is 2.63 bits per heavy atom. The summed E-state index contributed by atoms with van der Waals surface area (Å²) in [5, 5.41) is 6.55. The van der Waals surface area contributed by atoms with Gasteiger partial charge in [0.2, 0.25) is 0 Å². The van der Waals surface area contributed by atoms with E-state index >= 15 is 0 Å². The largest absolute Gasteiger partial charge is 0.378 e. The Labute approximate surface area is 115 Å². The molecule has 1 saturated carbocycles. The molecule has 2 rings (SSSR count). The van der Waals surface area contributed by atoms with Crippen molar-refractivity contribution in [3.63, 3.8) is 0 Å². The highest BCUT2D eigenvalue weighted by Crippen LogP contribution is 2.44. The van der Waals surface area contributed by atoms with Gasteiger partial charge in [-0.25, -0.2) is 9.97 Å². The molecule has 0 spiro atoms. The van der Waals surface area contributed by atoms with Crippen molar-refractivity contribution in [1.82, 2.24) is 9.97 Å². The average Bonchev–Trinajstić information content (AvgIpc) is 2.37. The second-order valence-corrected chi connectivity index (χ2v) is 5.63. The Kier molecular flexibility index (Phi) is 3.94. The first-order valence-corrected chi connectivity index (χ1v) is 6.89. The summed E-state index contributed by atoms with van der Waals surface area (Å²) >= 11 is 0. The molecule has 5 nitrogen and oxygen atoms in total. The molecule has 0 aliphatic heterocycles. The zero-order valence-electron chi connectivity index (χ0n) is 12.4. The Morgan fingerprint density at radius 1 is 1.37 bits per heavy atom. The van der Waals surface area contributed by atoms with Gasteiger partial charge in [-0.05, 0) is 20.3 Å². The van der Waals surface area contributed by atoms with E-state index in [2.05, 4.69) is 34.4 Å². The summed E-state index contributed by atoms with van der Waals surface area (Å²) in [7, 11) is 1.87. The fourth-order valence-electron chi connectivity index (χ4n) is 2.56. The molecule has 0 aromatic carbocycles. The minimum atomic E-state index is 0.134. The number of nitrogens with zero attached hydrogens (tertiary/aromatic N) is 2. The first-order valence-electron chi connectivity index (χ1n) is 6.89. The fraction of sp³-hybridized carbons (Fsp3) is 0.714. The highest BCUT2D eigenvalue weighted by Gasteiger charge is 2.49. The Bertz CT molecular complexity index is 447. The number of rotatable bonds is 5. The number of aromatic nitrogens is 2. The number of anilines is 2. The van der Waals surface area contributed by atoms with Crippen LogP contribution in [0.25, 0.3) is 0 Å². The van der Waals surface area contributed by atoms with Crippen LogP contribution < -0.4 is 10.6 Å². The molecule has 0 bridgehead atoms. The van der Waals surface area contributed by atoms with Gasteiger partial charge in [-0.15, -0.1) is 0 Å². The van der Waals surface area contributed by atoms with Gasteiger partial charge in [0.1, 0.15) is 17.5 Å². The smallest absolute Gasteiger partial charge is 0.132 e. The van der Waals surface area contributed by atoms with E-state index < -0.39 is 0 Å². The van der Waals surface area contributed by atoms with E-state index in [1.165, 1.54) is 0 Å². The summed E-state index contributed by atoms with van der Waals surface area (Å²) in [6, 6.07) is 2.33. The Balaban J connectivity index is 2.05. The van der Waals surface area contributed by atoms with Crippen LogP contribution in [0.15, 0.2) is 6.07 Å². The zero-order valence-corrected chi connectivity index (χ0v) is 12.4. The average molecular weight is 264 g/mol. The van der Waals surface area contributed by atoms with Gasteiger partial charge in [-0.1, -0.05) is 13.8 Å². The van der Waals surface area contributed by atoms with Gasteiger partial charge in [-0.3, -0.25) is 0 Å². The summed E-state index contributed by atoms with van der Waals surface area (Å²) in [4.78, 5) is 8.73. The Morgan fingerprint density at radius 2 is 2.05 bits per heavy atom. The lowest BCUT2D eigenvalue weighted by Crippen LogP contribution is -2.58. The lowest BCUT2D eigenvalue weighted by molar-refractivity contribution is -0.0976. The maximum absolute atomic E-state index is 5.74. The standard InChI is InChI=1S/C14H24N4O/c1-6-19-11-7-10(14(11,3)4)18-13-8-12(15-5)16-9(2)17-13/h8,10-11H,6-7H2,1-5H3,(H2,15,16,17,18). The molecule has 19 heavy (non-hydrogen) atoms. The lowest BCUT2D eigenvalue weighted by atomic mass is 9.64. The topological polar surface area (TPSA) is 59.1 Å². The fourth-order valence-corrected chi connectivity index (χ4v) is 2.56. The van der Waals surface area contributed by atoms with Gasteiger partial charge in [0.05, 0.1) is 6.10 Å².